The Kier molecular flexibility index (Phi) is 8.52. The predicted molar refractivity (Wildman–Crippen MR) is 138 cm³/mol. The van der Waals surface area contributed by atoms with Crippen molar-refractivity contribution in [2.45, 2.75) is 37.3 Å². The molecule has 0 fully saturated rings. The van der Waals surface area contributed by atoms with Crippen LogP contribution in [0.4, 0.5) is 23.1 Å². The van der Waals surface area contributed by atoms with Gasteiger partial charge in [-0.2, -0.15) is 4.98 Å². The standard InChI is InChI=1S/C24H28ClN5O4S/c1-15(2)35(32,33)22-8-6-5-7-19(22)28-23-18(25)14-27-24(30-23)29-20-13-17(9-10-21(20)34-4)11-12-26-16(3)31/h5-10,13-15H,11-12H2,1-4H3,(H,26,31)(H2,27,28,29,30). The smallest absolute Gasteiger partial charge is 0.229 e. The number of para-hydroxylation sites is 1. The number of amides is 1. The number of carbonyl (C=O) groups is 1. The fourth-order valence-corrected chi connectivity index (χ4v) is 4.57. The molecular weight excluding hydrogens is 490 g/mol. The highest BCUT2D eigenvalue weighted by molar-refractivity contribution is 7.92. The Hall–Kier alpha value is -3.37. The molecule has 1 heterocycles. The van der Waals surface area contributed by atoms with Crippen molar-refractivity contribution in [3.05, 3.63) is 59.2 Å². The van der Waals surface area contributed by atoms with E-state index in [1.165, 1.54) is 13.1 Å². The van der Waals surface area contributed by atoms with Gasteiger partial charge in [-0.25, -0.2) is 13.4 Å². The first-order valence-corrected chi connectivity index (χ1v) is 12.8. The van der Waals surface area contributed by atoms with Crippen LogP contribution in [-0.4, -0.2) is 43.2 Å². The molecule has 11 heteroatoms. The maximum absolute atomic E-state index is 12.8. The van der Waals surface area contributed by atoms with Crippen molar-refractivity contribution in [1.29, 1.82) is 0 Å². The number of ether oxygens (including phenoxy) is 1. The Morgan fingerprint density at radius 2 is 1.86 bits per heavy atom. The summed E-state index contributed by atoms with van der Waals surface area (Å²) in [6.07, 6.45) is 2.06. The van der Waals surface area contributed by atoms with Crippen molar-refractivity contribution in [2.75, 3.05) is 24.3 Å². The number of methoxy groups -OCH3 is 1. The Labute approximate surface area is 210 Å². The third-order valence-electron chi connectivity index (χ3n) is 5.11. The minimum Gasteiger partial charge on any atom is -0.495 e. The number of benzene rings is 2. The molecule has 0 saturated heterocycles. The van der Waals surface area contributed by atoms with Crippen molar-refractivity contribution in [3.8, 4) is 5.75 Å². The molecule has 3 N–H and O–H groups in total. The number of sulfone groups is 1. The van der Waals surface area contributed by atoms with E-state index < -0.39 is 15.1 Å². The highest BCUT2D eigenvalue weighted by atomic mass is 35.5. The minimum atomic E-state index is -3.53. The first-order chi connectivity index (χ1) is 16.6. The molecule has 0 aliphatic carbocycles. The van der Waals surface area contributed by atoms with Gasteiger partial charge in [0.25, 0.3) is 0 Å². The quantitative estimate of drug-likeness (QED) is 0.359. The van der Waals surface area contributed by atoms with Crippen LogP contribution < -0.4 is 20.7 Å². The Morgan fingerprint density at radius 1 is 1.11 bits per heavy atom. The summed E-state index contributed by atoms with van der Waals surface area (Å²) in [6.45, 7) is 5.24. The highest BCUT2D eigenvalue weighted by Gasteiger charge is 2.23. The van der Waals surface area contributed by atoms with Crippen molar-refractivity contribution in [3.63, 3.8) is 0 Å². The average Bonchev–Trinajstić information content (AvgIpc) is 2.81. The molecule has 3 rings (SSSR count). The van der Waals surface area contributed by atoms with Gasteiger partial charge in [-0.1, -0.05) is 29.8 Å². The van der Waals surface area contributed by atoms with E-state index in [0.717, 1.165) is 5.56 Å². The van der Waals surface area contributed by atoms with Crippen LogP contribution in [0.2, 0.25) is 5.02 Å². The molecule has 2 aromatic carbocycles. The van der Waals surface area contributed by atoms with Crippen LogP contribution in [0.25, 0.3) is 0 Å². The summed E-state index contributed by atoms with van der Waals surface area (Å²) in [5.41, 5.74) is 1.97. The molecule has 1 aromatic heterocycles. The van der Waals surface area contributed by atoms with Gasteiger partial charge in [-0.3, -0.25) is 4.79 Å². The van der Waals surface area contributed by atoms with E-state index >= 15 is 0 Å². The van der Waals surface area contributed by atoms with E-state index in [9.17, 15) is 13.2 Å². The van der Waals surface area contributed by atoms with Crippen LogP contribution in [-0.2, 0) is 21.1 Å². The average molecular weight is 518 g/mol. The van der Waals surface area contributed by atoms with Gasteiger partial charge in [-0.15, -0.1) is 0 Å². The van der Waals surface area contributed by atoms with E-state index in [2.05, 4.69) is 25.9 Å². The van der Waals surface area contributed by atoms with Crippen molar-refractivity contribution in [2.24, 2.45) is 0 Å². The molecule has 0 radical (unpaired) electrons. The van der Waals surface area contributed by atoms with Crippen molar-refractivity contribution >= 4 is 50.5 Å². The zero-order valence-electron chi connectivity index (χ0n) is 19.9. The lowest BCUT2D eigenvalue weighted by atomic mass is 10.1. The van der Waals surface area contributed by atoms with Crippen LogP contribution in [0.3, 0.4) is 0 Å². The summed E-state index contributed by atoms with van der Waals surface area (Å²) in [6, 6.07) is 12.2. The molecule has 3 aromatic rings. The van der Waals surface area contributed by atoms with Gasteiger partial charge < -0.3 is 20.7 Å². The van der Waals surface area contributed by atoms with Crippen molar-refractivity contribution < 1.29 is 17.9 Å². The summed E-state index contributed by atoms with van der Waals surface area (Å²) in [5, 5.41) is 8.57. The zero-order chi connectivity index (χ0) is 25.6. The highest BCUT2D eigenvalue weighted by Crippen LogP contribution is 2.32. The molecule has 186 valence electrons. The normalized spacial score (nSPS) is 11.3. The van der Waals surface area contributed by atoms with Gasteiger partial charge in [-0.05, 0) is 50.1 Å². The van der Waals surface area contributed by atoms with Gasteiger partial charge in [0, 0.05) is 13.5 Å². The maximum Gasteiger partial charge on any atom is 0.229 e. The fraction of sp³-hybridized carbons (Fsp3) is 0.292. The van der Waals surface area contributed by atoms with Crippen LogP contribution >= 0.6 is 11.6 Å². The molecule has 9 nitrogen and oxygen atoms in total. The summed E-state index contributed by atoms with van der Waals surface area (Å²) in [4.78, 5) is 20.0. The summed E-state index contributed by atoms with van der Waals surface area (Å²) in [7, 11) is -1.98. The predicted octanol–water partition coefficient (Wildman–Crippen LogP) is 4.49. The maximum atomic E-state index is 12.8. The topological polar surface area (TPSA) is 122 Å². The largest absolute Gasteiger partial charge is 0.495 e. The molecule has 0 atom stereocenters. The van der Waals surface area contributed by atoms with E-state index in [1.54, 1.807) is 45.2 Å². The lowest BCUT2D eigenvalue weighted by Crippen LogP contribution is -2.22. The third kappa shape index (κ3) is 6.61. The zero-order valence-corrected chi connectivity index (χ0v) is 21.5. The number of hydrogen-bond acceptors (Lipinski definition) is 8. The van der Waals surface area contributed by atoms with Gasteiger partial charge in [0.1, 0.15) is 10.8 Å². The van der Waals surface area contributed by atoms with E-state index in [4.69, 9.17) is 16.3 Å². The molecule has 1 amide bonds. The summed E-state index contributed by atoms with van der Waals surface area (Å²) < 4.78 is 31.0. The Bertz CT molecular complexity index is 1320. The first kappa shape index (κ1) is 26.2. The monoisotopic (exact) mass is 517 g/mol. The number of aromatic nitrogens is 2. The Morgan fingerprint density at radius 3 is 2.54 bits per heavy atom. The third-order valence-corrected chi connectivity index (χ3v) is 7.60. The number of anilines is 4. The number of nitrogens with one attached hydrogen (secondary N) is 3. The van der Waals surface area contributed by atoms with Gasteiger partial charge in [0.05, 0.1) is 34.8 Å². The number of halogens is 1. The second-order valence-corrected chi connectivity index (χ2v) is 10.9. The molecule has 0 unspecified atom stereocenters. The lowest BCUT2D eigenvalue weighted by molar-refractivity contribution is -0.118. The molecule has 0 aliphatic heterocycles. The second kappa shape index (κ2) is 11.4. The van der Waals surface area contributed by atoms with E-state index in [0.29, 0.717) is 30.1 Å². The Balaban J connectivity index is 1.89. The molecule has 0 aliphatic rings. The SMILES string of the molecule is COc1ccc(CCNC(C)=O)cc1Nc1ncc(Cl)c(Nc2ccccc2S(=O)(=O)C(C)C)n1. The van der Waals surface area contributed by atoms with Crippen LogP contribution in [0, 0.1) is 0 Å². The summed E-state index contributed by atoms with van der Waals surface area (Å²) in [5.74, 6) is 0.971. The molecule has 0 bridgehead atoms. The molecule has 0 spiro atoms. The molecule has 0 saturated carbocycles. The summed E-state index contributed by atoms with van der Waals surface area (Å²) >= 11 is 6.32. The number of rotatable bonds is 10. The van der Waals surface area contributed by atoms with Gasteiger partial charge in [0.2, 0.25) is 11.9 Å². The van der Waals surface area contributed by atoms with Crippen LogP contribution in [0.5, 0.6) is 5.75 Å². The first-order valence-electron chi connectivity index (χ1n) is 10.9. The minimum absolute atomic E-state index is 0.0887. The van der Waals surface area contributed by atoms with E-state index in [-0.39, 0.29) is 27.6 Å². The number of carbonyl (C=O) groups excluding carboxylic acids is 1. The molecular formula is C24H28ClN5O4S. The van der Waals surface area contributed by atoms with Crippen molar-refractivity contribution in [1.82, 2.24) is 15.3 Å². The lowest BCUT2D eigenvalue weighted by Gasteiger charge is -2.16. The molecule has 35 heavy (non-hydrogen) atoms. The van der Waals surface area contributed by atoms with Crippen LogP contribution in [0.15, 0.2) is 53.6 Å². The van der Waals surface area contributed by atoms with E-state index in [1.807, 2.05) is 18.2 Å². The van der Waals surface area contributed by atoms with Crippen LogP contribution in [0.1, 0.15) is 26.3 Å². The number of hydrogen-bond donors (Lipinski definition) is 3. The van der Waals surface area contributed by atoms with Gasteiger partial charge >= 0.3 is 0 Å². The number of nitrogens with zero attached hydrogens (tertiary/aromatic N) is 2. The second-order valence-electron chi connectivity index (χ2n) is 8.00. The van der Waals surface area contributed by atoms with Gasteiger partial charge in [0.15, 0.2) is 15.7 Å². The fourth-order valence-electron chi connectivity index (χ4n) is 3.23.